The second kappa shape index (κ2) is 23.5. The van der Waals surface area contributed by atoms with Gasteiger partial charge < -0.3 is 9.13 Å². The highest BCUT2D eigenvalue weighted by molar-refractivity contribution is 8.00. The van der Waals surface area contributed by atoms with Gasteiger partial charge in [-0.25, -0.2) is 19.9 Å². The fraction of sp³-hybridized carbons (Fsp3) is 0.0286. The molecule has 10 heteroatoms. The number of nitrogens with zero attached hydrogens (tertiary/aromatic N) is 8. The molecule has 6 aromatic heterocycles. The van der Waals surface area contributed by atoms with Gasteiger partial charge >= 0.3 is 0 Å². The van der Waals surface area contributed by atoms with E-state index in [4.69, 9.17) is 19.9 Å². The van der Waals surface area contributed by atoms with Crippen LogP contribution in [0.15, 0.2) is 359 Å². The average Bonchev–Trinajstić information content (AvgIpc) is 1.66. The zero-order chi connectivity index (χ0) is 75.2. The van der Waals surface area contributed by atoms with Crippen LogP contribution in [0.25, 0.3) is 221 Å². The fourth-order valence-electron chi connectivity index (χ4n) is 19.7. The van der Waals surface area contributed by atoms with E-state index in [2.05, 4.69) is 372 Å². The molecule has 0 saturated heterocycles. The summed E-state index contributed by atoms with van der Waals surface area (Å²) >= 11 is 3.59. The van der Waals surface area contributed by atoms with E-state index in [0.29, 0.717) is 11.9 Å². The van der Waals surface area contributed by atoms with Crippen LogP contribution in [-0.2, 0) is 5.41 Å². The Morgan fingerprint density at radius 3 is 1.27 bits per heavy atom. The summed E-state index contributed by atoms with van der Waals surface area (Å²) in [6.45, 7) is 4.70. The maximum Gasteiger partial charge on any atom is 0.235 e. The van der Waals surface area contributed by atoms with E-state index in [9.17, 15) is 0 Å². The van der Waals surface area contributed by atoms with E-state index in [1.807, 2.05) is 0 Å². The van der Waals surface area contributed by atoms with Gasteiger partial charge in [-0.15, -0.1) is 0 Å². The third-order valence-electron chi connectivity index (χ3n) is 25.1. The summed E-state index contributed by atoms with van der Waals surface area (Å²) in [6, 6.07) is 126. The molecule has 534 valence electrons. The highest BCUT2D eigenvalue weighted by Crippen LogP contribution is 2.53. The highest BCUT2D eigenvalue weighted by Gasteiger charge is 2.36. The lowest BCUT2D eigenvalue weighted by molar-refractivity contribution is 0.660. The lowest BCUT2D eigenvalue weighted by Gasteiger charge is -2.21. The highest BCUT2D eigenvalue weighted by atomic mass is 32.2. The minimum Gasteiger partial charge on any atom is -0.309 e. The van der Waals surface area contributed by atoms with Crippen molar-refractivity contribution in [3.05, 3.63) is 351 Å². The molecule has 1 aliphatic carbocycles. The molecule has 0 unspecified atom stereocenters. The monoisotopic (exact) mass is 1500 g/mol. The Hall–Kier alpha value is -14.2. The number of aromatic nitrogens is 8. The quantitative estimate of drug-likeness (QED) is 0.158. The molecule has 23 aromatic rings. The van der Waals surface area contributed by atoms with Crippen LogP contribution < -0.4 is 0 Å². The summed E-state index contributed by atoms with van der Waals surface area (Å²) in [5, 5.41) is 16.2. The second-order valence-corrected chi connectivity index (χ2v) is 33.8. The second-order valence-electron chi connectivity index (χ2n) is 31.6. The SMILES string of the molecule is CC1(C)c2ccccc2-c2cc(-n3c4ccccc4c4cc(-c5ccc6c(c5)c5cc7ccc(-c8ccc9c%10cc(-c%11ccc%12c(c%11)c%11cc%13ccccc%13cc%11n%12-c%11nc%12c%13c(cccc%13n%11)Sc%11ccccc%11-%12)ccc%10n(-c%10ccccc%10)c9c8)cc7cc5n6-c5nc6c7c(cccc7n5)Sc5ccccc5-6)ccc43)ccc21. The fourth-order valence-corrected chi connectivity index (χ4v) is 21.9. The van der Waals surface area contributed by atoms with Gasteiger partial charge in [-0.2, -0.15) is 0 Å². The Morgan fingerprint density at radius 2 is 0.652 bits per heavy atom. The van der Waals surface area contributed by atoms with Gasteiger partial charge in [0.2, 0.25) is 11.9 Å². The Bertz CT molecular complexity index is 8340. The van der Waals surface area contributed by atoms with E-state index in [1.165, 1.54) is 85.2 Å². The Kier molecular flexibility index (Phi) is 13.0. The third kappa shape index (κ3) is 9.11. The maximum atomic E-state index is 5.66. The van der Waals surface area contributed by atoms with Crippen molar-refractivity contribution in [1.29, 1.82) is 0 Å². The van der Waals surface area contributed by atoms with Gasteiger partial charge in [-0.05, 0) is 229 Å². The zero-order valence-electron chi connectivity index (χ0n) is 62.2. The van der Waals surface area contributed by atoms with Gasteiger partial charge in [0.25, 0.3) is 0 Å². The van der Waals surface area contributed by atoms with Crippen molar-refractivity contribution >= 4 is 154 Å². The smallest absolute Gasteiger partial charge is 0.235 e. The van der Waals surface area contributed by atoms with Gasteiger partial charge in [0.1, 0.15) is 0 Å². The van der Waals surface area contributed by atoms with Gasteiger partial charge in [0, 0.05) is 101 Å². The van der Waals surface area contributed by atoms with Crippen molar-refractivity contribution in [2.24, 2.45) is 0 Å². The Morgan fingerprint density at radius 1 is 0.235 bits per heavy atom. The number of benzene rings is 17. The van der Waals surface area contributed by atoms with Gasteiger partial charge in [-0.1, -0.05) is 225 Å². The number of para-hydroxylation sites is 2. The molecular formula is C105H62N8S2. The van der Waals surface area contributed by atoms with Crippen molar-refractivity contribution in [1.82, 2.24) is 38.2 Å². The molecule has 0 saturated carbocycles. The molecule has 0 atom stereocenters. The molecule has 17 aromatic carbocycles. The average molecular weight is 1500 g/mol. The van der Waals surface area contributed by atoms with Crippen molar-refractivity contribution in [2.75, 3.05) is 0 Å². The van der Waals surface area contributed by atoms with Gasteiger partial charge in [0.05, 0.1) is 66.6 Å². The van der Waals surface area contributed by atoms with E-state index in [-0.39, 0.29) is 5.41 Å². The summed E-state index contributed by atoms with van der Waals surface area (Å²) in [7, 11) is 0. The molecule has 8 heterocycles. The molecule has 2 aliphatic heterocycles. The lowest BCUT2D eigenvalue weighted by atomic mass is 9.82. The summed E-state index contributed by atoms with van der Waals surface area (Å²) < 4.78 is 9.51. The van der Waals surface area contributed by atoms with E-state index in [0.717, 1.165) is 154 Å². The van der Waals surface area contributed by atoms with Crippen LogP contribution in [0.2, 0.25) is 0 Å². The van der Waals surface area contributed by atoms with Crippen molar-refractivity contribution in [3.8, 4) is 90.3 Å². The normalized spacial score (nSPS) is 13.3. The van der Waals surface area contributed by atoms with Crippen LogP contribution in [0.3, 0.4) is 0 Å². The first-order valence-electron chi connectivity index (χ1n) is 39.3. The topological polar surface area (TPSA) is 71.3 Å². The first-order chi connectivity index (χ1) is 56.7. The van der Waals surface area contributed by atoms with Crippen LogP contribution in [-0.4, -0.2) is 38.2 Å². The molecule has 0 radical (unpaired) electrons. The standard InChI is InChI=1S/C105H62N8S2/c1-105(2)83-26-12-8-22-71(83)76-58-70(41-43-84(76)105)111-87-29-13-9-23-72(87)77-50-62(38-45-89(77)111)64-40-47-91-80(53-64)82-54-66-35-34-61(48-68(66)57-94(82)113(91)104-107-86-28-17-33-98-100(86)102(109-104)75-25-11-15-31-96(75)115-98)67-36-42-73-78-51-63(37-44-88(78)110(92(73)56-67)69-20-4-3-5-21-69)65-39-46-90-79(52-65)81-49-59-18-6-7-19-60(59)55-93(81)112(90)103-106-85-27-16-32-97-99(85)101(108-103)74-24-10-14-30-95(74)114-97/h3-58H,1-2H3. The van der Waals surface area contributed by atoms with Crippen LogP contribution >= 0.6 is 23.5 Å². The van der Waals surface area contributed by atoms with E-state index >= 15 is 0 Å². The van der Waals surface area contributed by atoms with Crippen molar-refractivity contribution in [2.45, 2.75) is 38.8 Å². The van der Waals surface area contributed by atoms with Crippen LogP contribution in [0.4, 0.5) is 0 Å². The predicted molar refractivity (Wildman–Crippen MR) is 478 cm³/mol. The molecule has 3 aliphatic rings. The molecular weight excluding hydrogens is 1440 g/mol. The van der Waals surface area contributed by atoms with Gasteiger partial charge in [-0.3, -0.25) is 9.13 Å². The van der Waals surface area contributed by atoms with Crippen molar-refractivity contribution < 1.29 is 0 Å². The molecule has 0 fully saturated rings. The summed E-state index contributed by atoms with van der Waals surface area (Å²) in [4.78, 5) is 26.9. The largest absolute Gasteiger partial charge is 0.309 e. The number of hydrogen-bond donors (Lipinski definition) is 0. The van der Waals surface area contributed by atoms with Crippen LogP contribution in [0, 0.1) is 0 Å². The molecule has 0 bridgehead atoms. The Labute approximate surface area is 667 Å². The Balaban J connectivity index is 0.617. The van der Waals surface area contributed by atoms with E-state index in [1.54, 1.807) is 23.5 Å². The molecule has 8 nitrogen and oxygen atoms in total. The first-order valence-corrected chi connectivity index (χ1v) is 40.9. The van der Waals surface area contributed by atoms with Crippen molar-refractivity contribution in [3.63, 3.8) is 0 Å². The van der Waals surface area contributed by atoms with Crippen LogP contribution in [0.1, 0.15) is 25.0 Å². The predicted octanol–water partition coefficient (Wildman–Crippen LogP) is 27.8. The van der Waals surface area contributed by atoms with E-state index < -0.39 is 0 Å². The zero-order valence-corrected chi connectivity index (χ0v) is 63.9. The lowest BCUT2D eigenvalue weighted by Crippen LogP contribution is -2.14. The number of hydrogen-bond acceptors (Lipinski definition) is 6. The number of rotatable bonds is 7. The molecule has 26 rings (SSSR count). The number of fused-ring (bicyclic) bond motifs is 21. The minimum atomic E-state index is -0.0741. The summed E-state index contributed by atoms with van der Waals surface area (Å²) in [6.07, 6.45) is 0. The summed E-state index contributed by atoms with van der Waals surface area (Å²) in [5.74, 6) is 1.30. The first kappa shape index (κ1) is 63.5. The van der Waals surface area contributed by atoms with Gasteiger partial charge in [0.15, 0.2) is 0 Å². The van der Waals surface area contributed by atoms with Crippen LogP contribution in [0.5, 0.6) is 0 Å². The molecule has 0 spiro atoms. The molecule has 0 amide bonds. The molecule has 0 N–H and O–H groups in total. The minimum absolute atomic E-state index is 0.0741. The third-order valence-corrected chi connectivity index (χ3v) is 27.4. The summed E-state index contributed by atoms with van der Waals surface area (Å²) in [5.41, 5.74) is 29.3. The maximum absolute atomic E-state index is 5.66. The molecule has 115 heavy (non-hydrogen) atoms.